The molecule has 0 saturated carbocycles. The number of hydrogen-bond donors (Lipinski definition) is 3. The molecule has 0 heterocycles. The van der Waals surface area contributed by atoms with Crippen LogP contribution in [0, 0.1) is 13.8 Å². The zero-order valence-electron chi connectivity index (χ0n) is 15.6. The normalized spacial score (nSPS) is 12.6. The van der Waals surface area contributed by atoms with Crippen molar-refractivity contribution in [2.24, 2.45) is 0 Å². The van der Waals surface area contributed by atoms with Crippen LogP contribution in [0.15, 0.2) is 47.4 Å². The van der Waals surface area contributed by atoms with Crippen LogP contribution in [0.5, 0.6) is 0 Å². The molecule has 2 aromatic rings. The summed E-state index contributed by atoms with van der Waals surface area (Å²) in [5, 5.41) is 2.78. The van der Waals surface area contributed by atoms with E-state index < -0.39 is 10.0 Å². The summed E-state index contributed by atoms with van der Waals surface area (Å²) in [4.78, 5) is 13.5. The van der Waals surface area contributed by atoms with E-state index in [0.717, 1.165) is 11.4 Å². The summed E-state index contributed by atoms with van der Waals surface area (Å²) in [6.07, 6.45) is 0. The van der Waals surface area contributed by atoms with Gasteiger partial charge in [0, 0.05) is 11.3 Å². The molecule has 0 fully saturated rings. The van der Waals surface area contributed by atoms with Gasteiger partial charge in [-0.1, -0.05) is 35.9 Å². The van der Waals surface area contributed by atoms with E-state index in [-0.39, 0.29) is 17.3 Å². The highest BCUT2D eigenvalue weighted by Crippen LogP contribution is 2.19. The molecule has 0 aliphatic rings. The van der Waals surface area contributed by atoms with Gasteiger partial charge in [0.1, 0.15) is 6.54 Å². The minimum Gasteiger partial charge on any atom is -0.326 e. The standard InChI is InChI=1S/C19H25N3O3S/c1-14-5-8-16(9-6-14)12-22(4)13-19(23)21-17-10-7-15(2)18(11-17)26(24,25)20-3/h5-11,20H,12-13H2,1-4H3,(H,21,23)/p+1. The minimum atomic E-state index is -3.56. The Bertz CT molecular complexity index is 877. The highest BCUT2D eigenvalue weighted by molar-refractivity contribution is 7.89. The van der Waals surface area contributed by atoms with Crippen molar-refractivity contribution in [2.75, 3.05) is 26.0 Å². The van der Waals surface area contributed by atoms with Crippen LogP contribution >= 0.6 is 0 Å². The van der Waals surface area contributed by atoms with E-state index in [1.165, 1.54) is 24.2 Å². The third-order valence-electron chi connectivity index (χ3n) is 4.12. The van der Waals surface area contributed by atoms with E-state index in [2.05, 4.69) is 34.3 Å². The molecule has 2 rings (SSSR count). The lowest BCUT2D eigenvalue weighted by Crippen LogP contribution is -3.08. The van der Waals surface area contributed by atoms with Crippen LogP contribution in [0.1, 0.15) is 16.7 Å². The van der Waals surface area contributed by atoms with Gasteiger partial charge in [-0.25, -0.2) is 13.1 Å². The van der Waals surface area contributed by atoms with E-state index in [9.17, 15) is 13.2 Å². The van der Waals surface area contributed by atoms with Gasteiger partial charge in [-0.05, 0) is 38.6 Å². The number of nitrogens with one attached hydrogen (secondary N) is 3. The number of benzene rings is 2. The number of aryl methyl sites for hydroxylation is 2. The maximum atomic E-state index is 12.3. The Labute approximate surface area is 155 Å². The highest BCUT2D eigenvalue weighted by atomic mass is 32.2. The van der Waals surface area contributed by atoms with Crippen molar-refractivity contribution in [2.45, 2.75) is 25.3 Å². The second-order valence-electron chi connectivity index (χ2n) is 6.53. The predicted octanol–water partition coefficient (Wildman–Crippen LogP) is 0.865. The molecular formula is C19H26N3O3S+. The molecule has 0 aromatic heterocycles. The fourth-order valence-corrected chi connectivity index (χ4v) is 3.67. The third kappa shape index (κ3) is 5.39. The van der Waals surface area contributed by atoms with Crippen molar-refractivity contribution >= 4 is 21.6 Å². The van der Waals surface area contributed by atoms with Gasteiger partial charge in [0.2, 0.25) is 10.0 Å². The number of carbonyl (C=O) groups is 1. The topological polar surface area (TPSA) is 79.7 Å². The minimum absolute atomic E-state index is 0.161. The maximum absolute atomic E-state index is 12.3. The van der Waals surface area contributed by atoms with Gasteiger partial charge in [0.05, 0.1) is 11.9 Å². The Morgan fingerprint density at radius 1 is 1.08 bits per heavy atom. The molecular weight excluding hydrogens is 350 g/mol. The Kier molecular flexibility index (Phi) is 6.52. The number of rotatable bonds is 7. The molecule has 1 unspecified atom stereocenters. The fraction of sp³-hybridized carbons (Fsp3) is 0.316. The first-order valence-corrected chi connectivity index (χ1v) is 9.90. The monoisotopic (exact) mass is 376 g/mol. The van der Waals surface area contributed by atoms with Crippen molar-refractivity contribution in [3.05, 3.63) is 59.2 Å². The lowest BCUT2D eigenvalue weighted by atomic mass is 10.1. The molecule has 2 aromatic carbocycles. The lowest BCUT2D eigenvalue weighted by Gasteiger charge is -2.15. The first-order chi connectivity index (χ1) is 12.2. The average molecular weight is 377 g/mol. The Balaban J connectivity index is 2.01. The molecule has 7 heteroatoms. The molecule has 1 atom stereocenters. The van der Waals surface area contributed by atoms with Crippen molar-refractivity contribution in [3.8, 4) is 0 Å². The molecule has 3 N–H and O–H groups in total. The first-order valence-electron chi connectivity index (χ1n) is 8.42. The average Bonchev–Trinajstić information content (AvgIpc) is 2.58. The first kappa shape index (κ1) is 20.1. The highest BCUT2D eigenvalue weighted by Gasteiger charge is 2.17. The van der Waals surface area contributed by atoms with Crippen molar-refractivity contribution in [3.63, 3.8) is 0 Å². The summed E-state index contributed by atoms with van der Waals surface area (Å²) in [5.74, 6) is -0.161. The largest absolute Gasteiger partial charge is 0.326 e. The Morgan fingerprint density at radius 3 is 2.35 bits per heavy atom. The lowest BCUT2D eigenvalue weighted by molar-refractivity contribution is -0.885. The summed E-state index contributed by atoms with van der Waals surface area (Å²) in [7, 11) is -0.247. The van der Waals surface area contributed by atoms with E-state index >= 15 is 0 Å². The molecule has 1 amide bonds. The molecule has 0 spiro atoms. The number of anilines is 1. The van der Waals surface area contributed by atoms with Crippen LogP contribution in [0.2, 0.25) is 0 Å². The summed E-state index contributed by atoms with van der Waals surface area (Å²) in [6.45, 7) is 4.78. The Hall–Kier alpha value is -2.22. The summed E-state index contributed by atoms with van der Waals surface area (Å²) in [6, 6.07) is 13.1. The number of amides is 1. The van der Waals surface area contributed by atoms with Gasteiger partial charge in [-0.3, -0.25) is 4.79 Å². The third-order valence-corrected chi connectivity index (χ3v) is 5.68. The number of likely N-dealkylation sites (N-methyl/N-ethyl adjacent to an activating group) is 1. The van der Waals surface area contributed by atoms with E-state index in [4.69, 9.17) is 0 Å². The van der Waals surface area contributed by atoms with E-state index in [0.29, 0.717) is 11.3 Å². The number of sulfonamides is 1. The summed E-state index contributed by atoms with van der Waals surface area (Å²) in [5.41, 5.74) is 3.46. The molecule has 0 radical (unpaired) electrons. The van der Waals surface area contributed by atoms with Crippen LogP contribution in [0.25, 0.3) is 0 Å². The van der Waals surface area contributed by atoms with E-state index in [1.54, 1.807) is 19.1 Å². The summed E-state index contributed by atoms with van der Waals surface area (Å²) >= 11 is 0. The van der Waals surface area contributed by atoms with Crippen LogP contribution < -0.4 is 14.9 Å². The van der Waals surface area contributed by atoms with Crippen molar-refractivity contribution < 1.29 is 18.1 Å². The zero-order chi connectivity index (χ0) is 19.3. The second kappa shape index (κ2) is 8.44. The zero-order valence-corrected chi connectivity index (χ0v) is 16.4. The van der Waals surface area contributed by atoms with Crippen LogP contribution in [0.4, 0.5) is 5.69 Å². The van der Waals surface area contributed by atoms with Gasteiger partial charge >= 0.3 is 0 Å². The molecule has 0 aliphatic carbocycles. The Morgan fingerprint density at radius 2 is 1.73 bits per heavy atom. The van der Waals surface area contributed by atoms with Gasteiger partial charge < -0.3 is 10.2 Å². The van der Waals surface area contributed by atoms with Crippen molar-refractivity contribution in [1.29, 1.82) is 0 Å². The molecule has 26 heavy (non-hydrogen) atoms. The molecule has 0 aliphatic heterocycles. The quantitative estimate of drug-likeness (QED) is 0.671. The molecule has 6 nitrogen and oxygen atoms in total. The molecule has 0 saturated heterocycles. The number of quaternary nitrogens is 1. The smallest absolute Gasteiger partial charge is 0.279 e. The van der Waals surface area contributed by atoms with E-state index in [1.807, 2.05) is 14.0 Å². The number of hydrogen-bond acceptors (Lipinski definition) is 3. The molecule has 140 valence electrons. The SMILES string of the molecule is CNS(=O)(=O)c1cc(NC(=O)C[NH+](C)Cc2ccc(C)cc2)ccc1C. The fourth-order valence-electron chi connectivity index (χ4n) is 2.67. The second-order valence-corrected chi connectivity index (χ2v) is 8.39. The van der Waals surface area contributed by atoms with Crippen LogP contribution in [-0.4, -0.2) is 35.0 Å². The van der Waals surface area contributed by atoms with Crippen LogP contribution in [0.3, 0.4) is 0 Å². The van der Waals surface area contributed by atoms with Crippen LogP contribution in [-0.2, 0) is 21.4 Å². The van der Waals surface area contributed by atoms with Gasteiger partial charge in [0.25, 0.3) is 5.91 Å². The summed E-state index contributed by atoms with van der Waals surface area (Å²) < 4.78 is 26.4. The van der Waals surface area contributed by atoms with Gasteiger partial charge in [-0.2, -0.15) is 0 Å². The van der Waals surface area contributed by atoms with Crippen molar-refractivity contribution in [1.82, 2.24) is 4.72 Å². The number of carbonyl (C=O) groups excluding carboxylic acids is 1. The van der Waals surface area contributed by atoms with Gasteiger partial charge in [0.15, 0.2) is 6.54 Å². The van der Waals surface area contributed by atoms with Gasteiger partial charge in [-0.15, -0.1) is 0 Å². The maximum Gasteiger partial charge on any atom is 0.279 e. The molecule has 0 bridgehead atoms. The predicted molar refractivity (Wildman–Crippen MR) is 103 cm³/mol.